The van der Waals surface area contributed by atoms with Crippen LogP contribution in [0.2, 0.25) is 0 Å². The number of hydrogen-bond donors (Lipinski definition) is 0. The van der Waals surface area contributed by atoms with Crippen molar-refractivity contribution in [2.45, 2.75) is 25.7 Å². The fraction of sp³-hybridized carbons (Fsp3) is 0.235. The van der Waals surface area contributed by atoms with Gasteiger partial charge in [-0.1, -0.05) is 35.6 Å². The summed E-state index contributed by atoms with van der Waals surface area (Å²) in [6.45, 7) is 0.387. The zero-order valence-electron chi connectivity index (χ0n) is 12.4. The molecule has 1 aromatic carbocycles. The number of nitrogens with zero attached hydrogens (tertiary/aromatic N) is 3. The molecule has 0 atom stereocenters. The number of allylic oxidation sites excluding steroid dienone is 2. The predicted molar refractivity (Wildman–Crippen MR) is 89.9 cm³/mol. The summed E-state index contributed by atoms with van der Waals surface area (Å²) in [7, 11) is 0. The van der Waals surface area contributed by atoms with Crippen LogP contribution in [0.4, 0.5) is 0 Å². The number of carbonyl (C=O) groups is 1. The number of benzene rings is 1. The second-order valence-corrected chi connectivity index (χ2v) is 6.27. The molecule has 0 spiro atoms. The van der Waals surface area contributed by atoms with Gasteiger partial charge in [-0.15, -0.1) is 0 Å². The van der Waals surface area contributed by atoms with Crippen LogP contribution >= 0.6 is 11.3 Å². The molecule has 5 nitrogen and oxygen atoms in total. The maximum Gasteiger partial charge on any atom is 0.299 e. The van der Waals surface area contributed by atoms with E-state index in [9.17, 15) is 4.79 Å². The Morgan fingerprint density at radius 2 is 2.17 bits per heavy atom. The maximum atomic E-state index is 10.5. The van der Waals surface area contributed by atoms with Gasteiger partial charge in [0.1, 0.15) is 0 Å². The van der Waals surface area contributed by atoms with Gasteiger partial charge >= 0.3 is 0 Å². The zero-order chi connectivity index (χ0) is 15.6. The van der Waals surface area contributed by atoms with Gasteiger partial charge in [-0.2, -0.15) is 10.1 Å². The third-order valence-electron chi connectivity index (χ3n) is 4.00. The van der Waals surface area contributed by atoms with Crippen molar-refractivity contribution in [1.29, 1.82) is 0 Å². The van der Waals surface area contributed by atoms with Crippen molar-refractivity contribution in [3.05, 3.63) is 41.4 Å². The summed E-state index contributed by atoms with van der Waals surface area (Å²) in [5.74, 6) is 0.304. The molecule has 0 radical (unpaired) electrons. The minimum Gasteiger partial charge on any atom is -0.409 e. The van der Waals surface area contributed by atoms with Gasteiger partial charge < -0.3 is 4.74 Å². The first kappa shape index (κ1) is 14.1. The minimum absolute atomic E-state index is 0.304. The molecule has 0 amide bonds. The van der Waals surface area contributed by atoms with Gasteiger partial charge in [-0.3, -0.25) is 4.79 Å². The standard InChI is InChI=1S/C17H15N3O2S/c21-11-22-15-10-23-17(18-15)20-14-9-5-4-8-13(14)16(19-20)12-6-2-1-3-7-12/h4-6,8-11H,1-3,7H2. The molecule has 0 N–H and O–H groups in total. The average molecular weight is 325 g/mol. The topological polar surface area (TPSA) is 57.0 Å². The van der Waals surface area contributed by atoms with E-state index in [1.165, 1.54) is 29.8 Å². The van der Waals surface area contributed by atoms with Crippen LogP contribution in [0.1, 0.15) is 31.4 Å². The molecular weight excluding hydrogens is 310 g/mol. The third kappa shape index (κ3) is 2.55. The van der Waals surface area contributed by atoms with Gasteiger partial charge in [0.2, 0.25) is 11.0 Å². The van der Waals surface area contributed by atoms with Gasteiger partial charge in [0.15, 0.2) is 0 Å². The van der Waals surface area contributed by atoms with E-state index in [4.69, 9.17) is 9.84 Å². The lowest BCUT2D eigenvalue weighted by molar-refractivity contribution is -0.120. The molecule has 1 aliphatic carbocycles. The summed E-state index contributed by atoms with van der Waals surface area (Å²) in [6.07, 6.45) is 6.94. The number of ether oxygens (including phenoxy) is 1. The Bertz CT molecular complexity index is 894. The summed E-state index contributed by atoms with van der Waals surface area (Å²) in [4.78, 5) is 14.8. The molecule has 0 saturated heterocycles. The number of aromatic nitrogens is 3. The summed E-state index contributed by atoms with van der Waals surface area (Å²) in [6, 6.07) is 8.16. The lowest BCUT2D eigenvalue weighted by atomic mass is 9.96. The molecule has 4 rings (SSSR count). The number of carbonyl (C=O) groups excluding carboxylic acids is 1. The fourth-order valence-corrected chi connectivity index (χ4v) is 3.65. The van der Waals surface area contributed by atoms with Crippen LogP contribution in [-0.4, -0.2) is 21.2 Å². The number of rotatable bonds is 4. The normalized spacial score (nSPS) is 14.7. The van der Waals surface area contributed by atoms with Crippen LogP contribution in [0.3, 0.4) is 0 Å². The van der Waals surface area contributed by atoms with Crippen LogP contribution in [0.25, 0.3) is 21.6 Å². The Morgan fingerprint density at radius 1 is 1.26 bits per heavy atom. The van der Waals surface area contributed by atoms with E-state index in [-0.39, 0.29) is 0 Å². The van der Waals surface area contributed by atoms with Gasteiger partial charge in [-0.25, -0.2) is 4.68 Å². The summed E-state index contributed by atoms with van der Waals surface area (Å²) >= 11 is 1.40. The summed E-state index contributed by atoms with van der Waals surface area (Å²) in [5.41, 5.74) is 3.36. The molecule has 23 heavy (non-hydrogen) atoms. The Labute approximate surface area is 137 Å². The molecule has 0 fully saturated rings. The molecule has 2 heterocycles. The second-order valence-electron chi connectivity index (χ2n) is 5.44. The fourth-order valence-electron chi connectivity index (χ4n) is 2.95. The Hall–Kier alpha value is -2.47. The van der Waals surface area contributed by atoms with Crippen LogP contribution in [0.5, 0.6) is 5.88 Å². The van der Waals surface area contributed by atoms with E-state index in [0.29, 0.717) is 17.5 Å². The average Bonchev–Trinajstić information content (AvgIpc) is 3.20. The van der Waals surface area contributed by atoms with Gasteiger partial charge in [0.05, 0.1) is 16.6 Å². The van der Waals surface area contributed by atoms with Crippen molar-refractivity contribution in [1.82, 2.24) is 14.8 Å². The molecule has 2 aromatic heterocycles. The molecule has 0 aliphatic heterocycles. The maximum absolute atomic E-state index is 10.5. The number of para-hydroxylation sites is 1. The van der Waals surface area contributed by atoms with E-state index >= 15 is 0 Å². The van der Waals surface area contributed by atoms with Crippen LogP contribution in [0, 0.1) is 0 Å². The first-order chi connectivity index (χ1) is 11.4. The van der Waals surface area contributed by atoms with E-state index in [2.05, 4.69) is 17.1 Å². The zero-order valence-corrected chi connectivity index (χ0v) is 13.3. The van der Waals surface area contributed by atoms with Crippen LogP contribution in [0.15, 0.2) is 35.7 Å². The molecule has 0 bridgehead atoms. The van der Waals surface area contributed by atoms with Gasteiger partial charge in [0.25, 0.3) is 6.47 Å². The quantitative estimate of drug-likeness (QED) is 0.681. The number of fused-ring (bicyclic) bond motifs is 1. The SMILES string of the molecule is O=COc1csc(-n2nc(C3=CCCCC3)c3ccccc32)n1. The van der Waals surface area contributed by atoms with Crippen molar-refractivity contribution in [3.8, 4) is 11.0 Å². The van der Waals surface area contributed by atoms with Gasteiger partial charge in [0, 0.05) is 5.39 Å². The summed E-state index contributed by atoms with van der Waals surface area (Å²) in [5, 5.41) is 8.35. The lowest BCUT2D eigenvalue weighted by Crippen LogP contribution is -1.98. The second kappa shape index (κ2) is 5.96. The minimum atomic E-state index is 0.304. The molecule has 3 aromatic rings. The molecule has 116 valence electrons. The number of hydrogen-bond acceptors (Lipinski definition) is 5. The van der Waals surface area contributed by atoms with Crippen LogP contribution in [-0.2, 0) is 4.79 Å². The van der Waals surface area contributed by atoms with Crippen LogP contribution < -0.4 is 4.74 Å². The molecule has 1 aliphatic rings. The lowest BCUT2D eigenvalue weighted by Gasteiger charge is -2.10. The van der Waals surface area contributed by atoms with Crippen molar-refractivity contribution < 1.29 is 9.53 Å². The first-order valence-electron chi connectivity index (χ1n) is 7.60. The Kier molecular flexibility index (Phi) is 3.67. The molecule has 0 saturated carbocycles. The molecule has 6 heteroatoms. The predicted octanol–water partition coefficient (Wildman–Crippen LogP) is 3.97. The summed E-state index contributed by atoms with van der Waals surface area (Å²) < 4.78 is 6.65. The van der Waals surface area contributed by atoms with Crippen molar-refractivity contribution >= 4 is 34.3 Å². The van der Waals surface area contributed by atoms with E-state index in [0.717, 1.165) is 29.4 Å². The molecule has 0 unspecified atom stereocenters. The third-order valence-corrected chi connectivity index (χ3v) is 4.80. The highest BCUT2D eigenvalue weighted by atomic mass is 32.1. The highest BCUT2D eigenvalue weighted by Crippen LogP contribution is 2.33. The highest BCUT2D eigenvalue weighted by Gasteiger charge is 2.18. The first-order valence-corrected chi connectivity index (χ1v) is 8.48. The van der Waals surface area contributed by atoms with Crippen molar-refractivity contribution in [3.63, 3.8) is 0 Å². The Morgan fingerprint density at radius 3 is 3.00 bits per heavy atom. The van der Waals surface area contributed by atoms with Gasteiger partial charge in [-0.05, 0) is 37.3 Å². The number of thiazole rings is 1. The van der Waals surface area contributed by atoms with E-state index in [1.807, 2.05) is 22.9 Å². The van der Waals surface area contributed by atoms with E-state index < -0.39 is 0 Å². The monoisotopic (exact) mass is 325 g/mol. The molecular formula is C17H15N3O2S. The largest absolute Gasteiger partial charge is 0.409 e. The van der Waals surface area contributed by atoms with Crippen molar-refractivity contribution in [2.24, 2.45) is 0 Å². The van der Waals surface area contributed by atoms with E-state index in [1.54, 1.807) is 5.38 Å². The van der Waals surface area contributed by atoms with Crippen molar-refractivity contribution in [2.75, 3.05) is 0 Å². The smallest absolute Gasteiger partial charge is 0.299 e. The Balaban J connectivity index is 1.86. The highest BCUT2D eigenvalue weighted by molar-refractivity contribution is 7.12.